The summed E-state index contributed by atoms with van der Waals surface area (Å²) in [6.07, 6.45) is 9.65. The highest BCUT2D eigenvalue weighted by Gasteiger charge is 2.42. The predicted octanol–water partition coefficient (Wildman–Crippen LogP) is 4.14. The van der Waals surface area contributed by atoms with Crippen LogP contribution in [-0.2, 0) is 0 Å². The molecule has 1 aliphatic carbocycles. The van der Waals surface area contributed by atoms with Gasteiger partial charge in [-0.15, -0.1) is 0 Å². The Morgan fingerprint density at radius 1 is 1.27 bits per heavy atom. The minimum atomic E-state index is -0.325. The molecule has 1 aliphatic rings. The van der Waals surface area contributed by atoms with Crippen molar-refractivity contribution in [2.45, 2.75) is 77.7 Å². The van der Waals surface area contributed by atoms with Crippen molar-refractivity contribution in [1.29, 1.82) is 0 Å². The van der Waals surface area contributed by atoms with Gasteiger partial charge in [-0.25, -0.2) is 0 Å². The standard InChI is InChI=1S/C14H28O/c1-4-7-8-12(5-2)11-14(15,6-3)13-9-10-13/h12-13,15H,4-11H2,1-3H3. The zero-order valence-electron chi connectivity index (χ0n) is 10.8. The highest BCUT2D eigenvalue weighted by atomic mass is 16.3. The van der Waals surface area contributed by atoms with Gasteiger partial charge in [0, 0.05) is 0 Å². The molecule has 0 aromatic carbocycles. The third-order valence-electron chi connectivity index (χ3n) is 4.13. The summed E-state index contributed by atoms with van der Waals surface area (Å²) in [6, 6.07) is 0. The van der Waals surface area contributed by atoms with E-state index in [-0.39, 0.29) is 5.60 Å². The van der Waals surface area contributed by atoms with E-state index >= 15 is 0 Å². The van der Waals surface area contributed by atoms with Gasteiger partial charge >= 0.3 is 0 Å². The third kappa shape index (κ3) is 3.79. The predicted molar refractivity (Wildman–Crippen MR) is 65.9 cm³/mol. The number of rotatable bonds is 8. The molecule has 2 unspecified atom stereocenters. The highest BCUT2D eigenvalue weighted by molar-refractivity contribution is 4.94. The molecule has 0 aromatic rings. The van der Waals surface area contributed by atoms with E-state index in [0.717, 1.165) is 18.8 Å². The van der Waals surface area contributed by atoms with Crippen LogP contribution in [0.3, 0.4) is 0 Å². The van der Waals surface area contributed by atoms with E-state index in [1.54, 1.807) is 0 Å². The molecule has 90 valence electrons. The molecule has 1 saturated carbocycles. The maximum absolute atomic E-state index is 10.6. The van der Waals surface area contributed by atoms with E-state index in [4.69, 9.17) is 0 Å². The van der Waals surface area contributed by atoms with Crippen molar-refractivity contribution in [3.8, 4) is 0 Å². The molecule has 0 radical (unpaired) electrons. The molecule has 0 amide bonds. The maximum Gasteiger partial charge on any atom is 0.0675 e. The van der Waals surface area contributed by atoms with Crippen molar-refractivity contribution in [3.05, 3.63) is 0 Å². The first-order chi connectivity index (χ1) is 7.16. The van der Waals surface area contributed by atoms with Gasteiger partial charge in [0.1, 0.15) is 0 Å². The Balaban J connectivity index is 2.40. The van der Waals surface area contributed by atoms with Gasteiger partial charge in [0.05, 0.1) is 5.60 Å². The van der Waals surface area contributed by atoms with Crippen LogP contribution in [0.2, 0.25) is 0 Å². The lowest BCUT2D eigenvalue weighted by atomic mass is 9.81. The number of aliphatic hydroxyl groups is 1. The fraction of sp³-hybridized carbons (Fsp3) is 1.00. The molecule has 0 aliphatic heterocycles. The Bertz CT molecular complexity index is 174. The lowest BCUT2D eigenvalue weighted by Crippen LogP contribution is -2.33. The van der Waals surface area contributed by atoms with E-state index in [2.05, 4.69) is 20.8 Å². The summed E-state index contributed by atoms with van der Waals surface area (Å²) in [7, 11) is 0. The SMILES string of the molecule is CCCCC(CC)CC(O)(CC)C1CC1. The molecule has 1 fully saturated rings. The quantitative estimate of drug-likeness (QED) is 0.641. The Morgan fingerprint density at radius 2 is 1.93 bits per heavy atom. The highest BCUT2D eigenvalue weighted by Crippen LogP contribution is 2.45. The Hall–Kier alpha value is -0.0400. The monoisotopic (exact) mass is 212 g/mol. The van der Waals surface area contributed by atoms with Crippen LogP contribution in [0.1, 0.15) is 72.1 Å². The largest absolute Gasteiger partial charge is 0.390 e. The Kier molecular flexibility index (Phi) is 5.11. The van der Waals surface area contributed by atoms with Gasteiger partial charge in [-0.05, 0) is 37.5 Å². The van der Waals surface area contributed by atoms with Crippen LogP contribution in [-0.4, -0.2) is 10.7 Å². The smallest absolute Gasteiger partial charge is 0.0675 e. The van der Waals surface area contributed by atoms with Crippen molar-refractivity contribution in [1.82, 2.24) is 0 Å². The van der Waals surface area contributed by atoms with Gasteiger partial charge in [0.15, 0.2) is 0 Å². The van der Waals surface area contributed by atoms with E-state index in [0.29, 0.717) is 5.92 Å². The minimum Gasteiger partial charge on any atom is -0.390 e. The molecule has 1 N–H and O–H groups in total. The second-order valence-electron chi connectivity index (χ2n) is 5.35. The Morgan fingerprint density at radius 3 is 2.33 bits per heavy atom. The van der Waals surface area contributed by atoms with Crippen molar-refractivity contribution in [2.75, 3.05) is 0 Å². The molecule has 0 spiro atoms. The van der Waals surface area contributed by atoms with Crippen molar-refractivity contribution in [2.24, 2.45) is 11.8 Å². The zero-order valence-corrected chi connectivity index (χ0v) is 10.8. The van der Waals surface area contributed by atoms with Crippen LogP contribution in [0.5, 0.6) is 0 Å². The average molecular weight is 212 g/mol. The average Bonchev–Trinajstić information content (AvgIpc) is 3.07. The first kappa shape index (κ1) is 13.0. The number of hydrogen-bond acceptors (Lipinski definition) is 1. The fourth-order valence-corrected chi connectivity index (χ4v) is 2.66. The zero-order chi connectivity index (χ0) is 11.3. The van der Waals surface area contributed by atoms with E-state index in [1.807, 2.05) is 0 Å². The van der Waals surface area contributed by atoms with E-state index < -0.39 is 0 Å². The normalized spacial score (nSPS) is 22.4. The molecular weight excluding hydrogens is 184 g/mol. The van der Waals surface area contributed by atoms with Gasteiger partial charge in [0.2, 0.25) is 0 Å². The summed E-state index contributed by atoms with van der Waals surface area (Å²) >= 11 is 0. The number of unbranched alkanes of at least 4 members (excludes halogenated alkanes) is 1. The topological polar surface area (TPSA) is 20.2 Å². The summed E-state index contributed by atoms with van der Waals surface area (Å²) in [5, 5.41) is 10.6. The lowest BCUT2D eigenvalue weighted by molar-refractivity contribution is -0.0115. The van der Waals surface area contributed by atoms with E-state index in [1.165, 1.54) is 38.5 Å². The van der Waals surface area contributed by atoms with Crippen LogP contribution in [0, 0.1) is 11.8 Å². The second kappa shape index (κ2) is 5.89. The molecule has 0 heterocycles. The fourth-order valence-electron chi connectivity index (χ4n) is 2.66. The molecule has 0 aromatic heterocycles. The minimum absolute atomic E-state index is 0.325. The first-order valence-electron chi connectivity index (χ1n) is 6.88. The van der Waals surface area contributed by atoms with Crippen LogP contribution in [0.25, 0.3) is 0 Å². The van der Waals surface area contributed by atoms with Crippen LogP contribution < -0.4 is 0 Å². The first-order valence-corrected chi connectivity index (χ1v) is 6.88. The van der Waals surface area contributed by atoms with Gasteiger partial charge in [0.25, 0.3) is 0 Å². The van der Waals surface area contributed by atoms with Crippen LogP contribution in [0.15, 0.2) is 0 Å². The van der Waals surface area contributed by atoms with Crippen molar-refractivity contribution >= 4 is 0 Å². The lowest BCUT2D eigenvalue weighted by Gasteiger charge is -2.31. The molecule has 2 atom stereocenters. The number of hydrogen-bond donors (Lipinski definition) is 1. The molecule has 1 nitrogen and oxygen atoms in total. The van der Waals surface area contributed by atoms with Gasteiger partial charge in [-0.1, -0.05) is 46.5 Å². The second-order valence-corrected chi connectivity index (χ2v) is 5.35. The van der Waals surface area contributed by atoms with Gasteiger partial charge in [-0.3, -0.25) is 0 Å². The summed E-state index contributed by atoms with van der Waals surface area (Å²) < 4.78 is 0. The molecule has 15 heavy (non-hydrogen) atoms. The van der Waals surface area contributed by atoms with E-state index in [9.17, 15) is 5.11 Å². The van der Waals surface area contributed by atoms with Crippen LogP contribution >= 0.6 is 0 Å². The summed E-state index contributed by atoms with van der Waals surface area (Å²) in [4.78, 5) is 0. The van der Waals surface area contributed by atoms with Gasteiger partial charge in [-0.2, -0.15) is 0 Å². The molecule has 1 rings (SSSR count). The summed E-state index contributed by atoms with van der Waals surface area (Å²) in [5.74, 6) is 1.37. The maximum atomic E-state index is 10.6. The van der Waals surface area contributed by atoms with Crippen molar-refractivity contribution in [3.63, 3.8) is 0 Å². The molecule has 0 bridgehead atoms. The molecule has 0 saturated heterocycles. The summed E-state index contributed by atoms with van der Waals surface area (Å²) in [5.41, 5.74) is -0.325. The Labute approximate surface area is 95.3 Å². The molecule has 1 heteroatoms. The van der Waals surface area contributed by atoms with Gasteiger partial charge < -0.3 is 5.11 Å². The third-order valence-corrected chi connectivity index (χ3v) is 4.13. The van der Waals surface area contributed by atoms with Crippen molar-refractivity contribution < 1.29 is 5.11 Å². The summed E-state index contributed by atoms with van der Waals surface area (Å²) in [6.45, 7) is 6.66. The van der Waals surface area contributed by atoms with Crippen LogP contribution in [0.4, 0.5) is 0 Å². The molecular formula is C14H28O.